The Morgan fingerprint density at radius 3 is 2.21 bits per heavy atom. The Balaban J connectivity index is 1.69. The molecule has 2 aromatic carbocycles. The highest BCUT2D eigenvalue weighted by atomic mass is 32.1. The molecule has 12 heteroatoms. The number of nitro groups is 1. The average molecular weight is 482 g/mol. The van der Waals surface area contributed by atoms with E-state index in [0.717, 1.165) is 16.9 Å². The number of amides is 3. The van der Waals surface area contributed by atoms with E-state index in [9.17, 15) is 29.6 Å². The molecule has 34 heavy (non-hydrogen) atoms. The second kappa shape index (κ2) is 11.0. The number of rotatable bonds is 9. The van der Waals surface area contributed by atoms with Crippen LogP contribution >= 0.6 is 11.3 Å². The van der Waals surface area contributed by atoms with Crippen molar-refractivity contribution in [3.05, 3.63) is 80.3 Å². The van der Waals surface area contributed by atoms with Gasteiger partial charge in [-0.2, -0.15) is 0 Å². The highest BCUT2D eigenvalue weighted by molar-refractivity contribution is 7.17. The second-order valence-electron chi connectivity index (χ2n) is 7.19. The first-order valence-corrected chi connectivity index (χ1v) is 10.9. The lowest BCUT2D eigenvalue weighted by Crippen LogP contribution is -2.28. The summed E-state index contributed by atoms with van der Waals surface area (Å²) in [6, 6.07) is 12.6. The van der Waals surface area contributed by atoms with Crippen molar-refractivity contribution < 1.29 is 24.4 Å². The van der Waals surface area contributed by atoms with Gasteiger partial charge in [0.25, 0.3) is 11.6 Å². The van der Waals surface area contributed by atoms with E-state index in [1.54, 1.807) is 36.4 Å². The molecular formula is C22H20N5O6S-. The number of nitrogens with one attached hydrogen (secondary N) is 3. The Morgan fingerprint density at radius 1 is 0.971 bits per heavy atom. The zero-order valence-electron chi connectivity index (χ0n) is 18.0. The minimum absolute atomic E-state index is 0.0387. The number of aromatic nitrogens is 1. The summed E-state index contributed by atoms with van der Waals surface area (Å²) >= 11 is 1.06. The fourth-order valence-corrected chi connectivity index (χ4v) is 4.01. The van der Waals surface area contributed by atoms with Gasteiger partial charge in [-0.25, -0.2) is 4.98 Å². The van der Waals surface area contributed by atoms with Gasteiger partial charge in [-0.1, -0.05) is 35.6 Å². The van der Waals surface area contributed by atoms with Crippen molar-refractivity contribution in [1.29, 1.82) is 0 Å². The van der Waals surface area contributed by atoms with Gasteiger partial charge in [0.05, 0.1) is 10.6 Å². The molecular weight excluding hydrogens is 462 g/mol. The maximum atomic E-state index is 12.8. The minimum Gasteiger partial charge on any atom is -0.530 e. The summed E-state index contributed by atoms with van der Waals surface area (Å²) < 4.78 is 0. The van der Waals surface area contributed by atoms with Crippen LogP contribution in [0.5, 0.6) is 0 Å². The number of thiazole rings is 1. The molecule has 11 nitrogen and oxygen atoms in total. The standard InChI is InChI=1S/C22H21N5O6S/c1-13(28)24-21-26-18(11-6-14-2-7-16(8-3-14)25-22(30)31)19(34-21)20(29)23-12-15-4-9-17(10-5-15)27(32)33/h2-5,7-10,25H,6,11-12H2,1H3,(H,23,29)(H,30,31)(H,24,26,28)/p-1. The zero-order valence-corrected chi connectivity index (χ0v) is 18.8. The third-order valence-electron chi connectivity index (χ3n) is 4.64. The van der Waals surface area contributed by atoms with E-state index >= 15 is 0 Å². The summed E-state index contributed by atoms with van der Waals surface area (Å²) in [5.41, 5.74) is 2.44. The van der Waals surface area contributed by atoms with E-state index in [1.807, 2.05) is 0 Å². The monoisotopic (exact) mass is 482 g/mol. The third-order valence-corrected chi connectivity index (χ3v) is 5.65. The van der Waals surface area contributed by atoms with Crippen LogP contribution in [-0.2, 0) is 24.2 Å². The van der Waals surface area contributed by atoms with Crippen LogP contribution in [-0.4, -0.2) is 27.8 Å². The SMILES string of the molecule is CC(=O)Nc1nc(CCc2ccc(NC(=O)[O-])cc2)c(C(=O)NCc2ccc([N+](=O)[O-])cc2)s1. The maximum absolute atomic E-state index is 12.8. The van der Waals surface area contributed by atoms with Crippen LogP contribution in [0.3, 0.4) is 0 Å². The topological polar surface area (TPSA) is 166 Å². The van der Waals surface area contributed by atoms with E-state index in [-0.39, 0.29) is 24.0 Å². The van der Waals surface area contributed by atoms with Gasteiger partial charge in [-0.05, 0) is 36.1 Å². The molecule has 3 amide bonds. The van der Waals surface area contributed by atoms with Crippen LogP contribution in [0.25, 0.3) is 0 Å². The molecule has 0 atom stereocenters. The number of carbonyl (C=O) groups is 3. The second-order valence-corrected chi connectivity index (χ2v) is 8.19. The zero-order chi connectivity index (χ0) is 24.7. The summed E-state index contributed by atoms with van der Waals surface area (Å²) in [4.78, 5) is 49.9. The number of aryl methyl sites for hydroxylation is 2. The van der Waals surface area contributed by atoms with Gasteiger partial charge >= 0.3 is 0 Å². The molecule has 0 saturated heterocycles. The molecule has 0 aliphatic heterocycles. The summed E-state index contributed by atoms with van der Waals surface area (Å²) in [7, 11) is 0. The number of hydrogen-bond acceptors (Lipinski definition) is 8. The molecule has 0 aliphatic rings. The van der Waals surface area contributed by atoms with Crippen LogP contribution in [0.4, 0.5) is 21.3 Å². The quantitative estimate of drug-likeness (QED) is 0.311. The number of nitrogens with zero attached hydrogens (tertiary/aromatic N) is 2. The van der Waals surface area contributed by atoms with Gasteiger partial charge in [0, 0.05) is 31.3 Å². The summed E-state index contributed by atoms with van der Waals surface area (Å²) in [6.07, 6.45) is -0.466. The highest BCUT2D eigenvalue weighted by Crippen LogP contribution is 2.25. The van der Waals surface area contributed by atoms with Gasteiger partial charge in [0.15, 0.2) is 5.13 Å². The number of carbonyl (C=O) groups excluding carboxylic acids is 3. The number of benzene rings is 2. The Kier molecular flexibility index (Phi) is 7.88. The molecule has 3 rings (SSSR count). The molecule has 0 fully saturated rings. The largest absolute Gasteiger partial charge is 0.530 e. The van der Waals surface area contributed by atoms with Crippen molar-refractivity contribution in [2.24, 2.45) is 0 Å². The van der Waals surface area contributed by atoms with E-state index in [4.69, 9.17) is 0 Å². The normalized spacial score (nSPS) is 10.4. The molecule has 0 unspecified atom stereocenters. The van der Waals surface area contributed by atoms with Crippen LogP contribution in [0.2, 0.25) is 0 Å². The fraction of sp³-hybridized carbons (Fsp3) is 0.182. The minimum atomic E-state index is -1.40. The lowest BCUT2D eigenvalue weighted by Gasteiger charge is -2.08. The molecule has 0 saturated carbocycles. The molecule has 1 heterocycles. The van der Waals surface area contributed by atoms with Crippen molar-refractivity contribution in [2.45, 2.75) is 26.3 Å². The molecule has 176 valence electrons. The Morgan fingerprint density at radius 2 is 1.62 bits per heavy atom. The lowest BCUT2D eigenvalue weighted by atomic mass is 10.1. The number of non-ortho nitro benzene ring substituents is 1. The van der Waals surface area contributed by atoms with E-state index in [1.165, 1.54) is 19.1 Å². The van der Waals surface area contributed by atoms with Gasteiger partial charge in [0.1, 0.15) is 11.0 Å². The van der Waals surface area contributed by atoms with Crippen molar-refractivity contribution >= 4 is 45.8 Å². The summed E-state index contributed by atoms with van der Waals surface area (Å²) in [5, 5.41) is 29.2. The van der Waals surface area contributed by atoms with E-state index in [2.05, 4.69) is 20.9 Å². The van der Waals surface area contributed by atoms with E-state index < -0.39 is 11.0 Å². The first kappa shape index (κ1) is 24.3. The Hall–Kier alpha value is -4.32. The molecule has 0 radical (unpaired) electrons. The van der Waals surface area contributed by atoms with Gasteiger partial charge in [0.2, 0.25) is 5.91 Å². The molecule has 0 aliphatic carbocycles. The van der Waals surface area contributed by atoms with Crippen LogP contribution < -0.4 is 21.1 Å². The maximum Gasteiger partial charge on any atom is 0.269 e. The van der Waals surface area contributed by atoms with Crippen LogP contribution in [0, 0.1) is 10.1 Å². The van der Waals surface area contributed by atoms with Crippen molar-refractivity contribution in [3.63, 3.8) is 0 Å². The number of anilines is 2. The molecule has 3 aromatic rings. The van der Waals surface area contributed by atoms with Crippen molar-refractivity contribution in [3.8, 4) is 0 Å². The predicted molar refractivity (Wildman–Crippen MR) is 124 cm³/mol. The average Bonchev–Trinajstić information content (AvgIpc) is 3.19. The summed E-state index contributed by atoms with van der Waals surface area (Å²) in [6.45, 7) is 1.51. The van der Waals surface area contributed by atoms with Crippen LogP contribution in [0.15, 0.2) is 48.5 Å². The number of carboxylic acid groups (broad SMARTS) is 1. The Labute approximate surface area is 198 Å². The molecule has 3 N–H and O–H groups in total. The number of nitro benzene ring substituents is 1. The van der Waals surface area contributed by atoms with Gasteiger partial charge in [-0.3, -0.25) is 19.7 Å². The molecule has 0 spiro atoms. The fourth-order valence-electron chi connectivity index (χ4n) is 3.04. The van der Waals surface area contributed by atoms with E-state index in [0.29, 0.717) is 39.8 Å². The molecule has 0 bridgehead atoms. The first-order valence-electron chi connectivity index (χ1n) is 10.1. The summed E-state index contributed by atoms with van der Waals surface area (Å²) in [5.74, 6) is -0.690. The number of hydrogen-bond donors (Lipinski definition) is 3. The van der Waals surface area contributed by atoms with Crippen molar-refractivity contribution in [2.75, 3.05) is 10.6 Å². The smallest absolute Gasteiger partial charge is 0.269 e. The predicted octanol–water partition coefficient (Wildman–Crippen LogP) is 2.48. The Bertz CT molecular complexity index is 1210. The van der Waals surface area contributed by atoms with Gasteiger partial charge in [-0.15, -0.1) is 0 Å². The first-order chi connectivity index (χ1) is 16.2. The van der Waals surface area contributed by atoms with Gasteiger partial charge < -0.3 is 25.9 Å². The highest BCUT2D eigenvalue weighted by Gasteiger charge is 2.19. The van der Waals surface area contributed by atoms with Crippen molar-refractivity contribution in [1.82, 2.24) is 10.3 Å². The van der Waals surface area contributed by atoms with Crippen LogP contribution in [0.1, 0.15) is 33.4 Å². The lowest BCUT2D eigenvalue weighted by molar-refractivity contribution is -0.384. The third kappa shape index (κ3) is 6.84. The molecule has 1 aromatic heterocycles.